The van der Waals surface area contributed by atoms with Crippen molar-refractivity contribution in [1.82, 2.24) is 0 Å². The maximum atomic E-state index is 6.35. The fourth-order valence-corrected chi connectivity index (χ4v) is 3.60. The van der Waals surface area contributed by atoms with Crippen molar-refractivity contribution in [3.05, 3.63) is 89.5 Å². The SMILES string of the molecule is COc1ccc([C@H]2C[C@@H](c3ccccc3)Oc3cc(OC)ccc32)cc1. The zero-order chi connectivity index (χ0) is 17.9. The van der Waals surface area contributed by atoms with Gasteiger partial charge in [0, 0.05) is 17.5 Å². The third-order valence-corrected chi connectivity index (χ3v) is 5.00. The molecule has 3 aromatic rings. The molecule has 3 nitrogen and oxygen atoms in total. The van der Waals surface area contributed by atoms with Gasteiger partial charge in [-0.2, -0.15) is 0 Å². The van der Waals surface area contributed by atoms with Gasteiger partial charge in [-0.25, -0.2) is 0 Å². The van der Waals surface area contributed by atoms with Crippen LogP contribution in [0.1, 0.15) is 35.1 Å². The summed E-state index contributed by atoms with van der Waals surface area (Å²) in [5.74, 6) is 2.84. The second-order valence-electron chi connectivity index (χ2n) is 6.48. The summed E-state index contributed by atoms with van der Waals surface area (Å²) in [5, 5.41) is 0. The van der Waals surface area contributed by atoms with E-state index < -0.39 is 0 Å². The van der Waals surface area contributed by atoms with Crippen LogP contribution < -0.4 is 14.2 Å². The van der Waals surface area contributed by atoms with Crippen molar-refractivity contribution in [2.75, 3.05) is 14.2 Å². The van der Waals surface area contributed by atoms with E-state index in [2.05, 4.69) is 42.5 Å². The largest absolute Gasteiger partial charge is 0.497 e. The summed E-state index contributed by atoms with van der Waals surface area (Å²) in [6.07, 6.45) is 0.915. The van der Waals surface area contributed by atoms with Gasteiger partial charge < -0.3 is 14.2 Å². The first-order valence-electron chi connectivity index (χ1n) is 8.82. The molecular weight excluding hydrogens is 324 g/mol. The van der Waals surface area contributed by atoms with Crippen molar-refractivity contribution in [2.24, 2.45) is 0 Å². The van der Waals surface area contributed by atoms with Crippen molar-refractivity contribution in [2.45, 2.75) is 18.4 Å². The van der Waals surface area contributed by atoms with E-state index in [-0.39, 0.29) is 12.0 Å². The van der Waals surface area contributed by atoms with E-state index in [9.17, 15) is 0 Å². The van der Waals surface area contributed by atoms with Crippen LogP contribution in [0.15, 0.2) is 72.8 Å². The van der Waals surface area contributed by atoms with Gasteiger partial charge in [0.2, 0.25) is 0 Å². The number of hydrogen-bond donors (Lipinski definition) is 0. The molecule has 4 rings (SSSR count). The average molecular weight is 346 g/mol. The van der Waals surface area contributed by atoms with Crippen LogP contribution in [-0.2, 0) is 0 Å². The molecule has 1 heterocycles. The molecule has 0 fully saturated rings. The molecule has 3 heteroatoms. The van der Waals surface area contributed by atoms with Crippen LogP contribution in [0, 0.1) is 0 Å². The third-order valence-electron chi connectivity index (χ3n) is 5.00. The van der Waals surface area contributed by atoms with Crippen molar-refractivity contribution >= 4 is 0 Å². The lowest BCUT2D eigenvalue weighted by Crippen LogP contribution is -2.20. The van der Waals surface area contributed by atoms with Crippen LogP contribution in [0.5, 0.6) is 17.2 Å². The van der Waals surface area contributed by atoms with Gasteiger partial charge in [-0.15, -0.1) is 0 Å². The molecule has 0 N–H and O–H groups in total. The molecular formula is C23H22O3. The van der Waals surface area contributed by atoms with E-state index in [1.54, 1.807) is 14.2 Å². The Kier molecular flexibility index (Phi) is 4.53. The summed E-state index contributed by atoms with van der Waals surface area (Å²) in [6, 6.07) is 24.8. The van der Waals surface area contributed by atoms with Gasteiger partial charge in [-0.3, -0.25) is 0 Å². The fourth-order valence-electron chi connectivity index (χ4n) is 3.60. The second-order valence-corrected chi connectivity index (χ2v) is 6.48. The molecule has 1 aliphatic rings. The van der Waals surface area contributed by atoms with Crippen LogP contribution in [0.2, 0.25) is 0 Å². The molecule has 2 atom stereocenters. The number of hydrogen-bond acceptors (Lipinski definition) is 3. The molecule has 0 saturated carbocycles. The molecule has 0 bridgehead atoms. The Balaban J connectivity index is 1.76. The van der Waals surface area contributed by atoms with E-state index in [0.29, 0.717) is 0 Å². The molecule has 1 aliphatic heterocycles. The van der Waals surface area contributed by atoms with Gasteiger partial charge in [0.05, 0.1) is 14.2 Å². The number of methoxy groups -OCH3 is 2. The molecule has 0 spiro atoms. The highest BCUT2D eigenvalue weighted by Gasteiger charge is 2.30. The zero-order valence-electron chi connectivity index (χ0n) is 15.0. The fraction of sp³-hybridized carbons (Fsp3) is 0.217. The maximum Gasteiger partial charge on any atom is 0.127 e. The van der Waals surface area contributed by atoms with Crippen LogP contribution in [0.25, 0.3) is 0 Å². The summed E-state index contributed by atoms with van der Waals surface area (Å²) in [7, 11) is 3.37. The summed E-state index contributed by atoms with van der Waals surface area (Å²) in [6.45, 7) is 0. The summed E-state index contributed by atoms with van der Waals surface area (Å²) in [5.41, 5.74) is 3.66. The molecule has 0 saturated heterocycles. The first kappa shape index (κ1) is 16.5. The molecule has 26 heavy (non-hydrogen) atoms. The van der Waals surface area contributed by atoms with E-state index in [4.69, 9.17) is 14.2 Å². The molecule has 0 amide bonds. The Labute approximate surface area is 154 Å². The van der Waals surface area contributed by atoms with Crippen molar-refractivity contribution in [3.63, 3.8) is 0 Å². The lowest BCUT2D eigenvalue weighted by molar-refractivity contribution is 0.167. The summed E-state index contributed by atoms with van der Waals surface area (Å²) < 4.78 is 17.1. The first-order valence-corrected chi connectivity index (χ1v) is 8.82. The van der Waals surface area contributed by atoms with Crippen molar-refractivity contribution in [3.8, 4) is 17.2 Å². The van der Waals surface area contributed by atoms with Crippen molar-refractivity contribution < 1.29 is 14.2 Å². The Morgan fingerprint density at radius 1 is 0.769 bits per heavy atom. The van der Waals surface area contributed by atoms with E-state index in [1.807, 2.05) is 30.3 Å². The van der Waals surface area contributed by atoms with Crippen LogP contribution >= 0.6 is 0 Å². The number of fused-ring (bicyclic) bond motifs is 1. The molecule has 0 aliphatic carbocycles. The van der Waals surface area contributed by atoms with E-state index in [0.717, 1.165) is 23.7 Å². The van der Waals surface area contributed by atoms with Crippen molar-refractivity contribution in [1.29, 1.82) is 0 Å². The third kappa shape index (κ3) is 3.13. The zero-order valence-corrected chi connectivity index (χ0v) is 15.0. The number of ether oxygens (including phenoxy) is 3. The minimum atomic E-state index is 0.0166. The Bertz CT molecular complexity index is 872. The Hall–Kier alpha value is -2.94. The van der Waals surface area contributed by atoms with Gasteiger partial charge in [0.15, 0.2) is 0 Å². The van der Waals surface area contributed by atoms with Gasteiger partial charge in [0.1, 0.15) is 23.4 Å². The average Bonchev–Trinajstić information content (AvgIpc) is 2.73. The number of rotatable bonds is 4. The lowest BCUT2D eigenvalue weighted by atomic mass is 9.82. The maximum absolute atomic E-state index is 6.35. The Morgan fingerprint density at radius 2 is 1.46 bits per heavy atom. The predicted molar refractivity (Wildman–Crippen MR) is 102 cm³/mol. The highest BCUT2D eigenvalue weighted by atomic mass is 16.5. The summed E-state index contributed by atoms with van der Waals surface area (Å²) >= 11 is 0. The smallest absolute Gasteiger partial charge is 0.127 e. The van der Waals surface area contributed by atoms with E-state index >= 15 is 0 Å². The van der Waals surface area contributed by atoms with Gasteiger partial charge in [0.25, 0.3) is 0 Å². The quantitative estimate of drug-likeness (QED) is 0.636. The lowest BCUT2D eigenvalue weighted by Gasteiger charge is -2.33. The predicted octanol–water partition coefficient (Wildman–Crippen LogP) is 5.36. The van der Waals surface area contributed by atoms with Crippen LogP contribution in [0.3, 0.4) is 0 Å². The Morgan fingerprint density at radius 3 is 2.15 bits per heavy atom. The molecule has 3 aromatic carbocycles. The minimum Gasteiger partial charge on any atom is -0.497 e. The van der Waals surface area contributed by atoms with Crippen LogP contribution in [0.4, 0.5) is 0 Å². The minimum absolute atomic E-state index is 0.0166. The molecule has 0 radical (unpaired) electrons. The number of benzene rings is 3. The molecule has 0 aromatic heterocycles. The monoisotopic (exact) mass is 346 g/mol. The standard InChI is InChI=1S/C23H22O3/c1-24-18-10-8-16(9-11-18)21-15-22(17-6-4-3-5-7-17)26-23-14-19(25-2)12-13-20(21)23/h3-14,21-22H,15H2,1-2H3/t21-,22+/m1/s1. The van der Waals surface area contributed by atoms with Crippen LogP contribution in [-0.4, -0.2) is 14.2 Å². The van der Waals surface area contributed by atoms with Gasteiger partial charge in [-0.1, -0.05) is 48.5 Å². The normalized spacial score (nSPS) is 18.5. The molecule has 132 valence electrons. The first-order chi connectivity index (χ1) is 12.8. The van der Waals surface area contributed by atoms with Gasteiger partial charge in [-0.05, 0) is 35.7 Å². The summed E-state index contributed by atoms with van der Waals surface area (Å²) in [4.78, 5) is 0. The topological polar surface area (TPSA) is 27.7 Å². The highest BCUT2D eigenvalue weighted by Crippen LogP contribution is 2.46. The van der Waals surface area contributed by atoms with Gasteiger partial charge >= 0.3 is 0 Å². The second kappa shape index (κ2) is 7.12. The van der Waals surface area contributed by atoms with E-state index in [1.165, 1.54) is 16.7 Å². The highest BCUT2D eigenvalue weighted by molar-refractivity contribution is 5.49. The molecule has 0 unspecified atom stereocenters.